The molecule has 32 heavy (non-hydrogen) atoms. The SMILES string of the molecule is Cc1c(-c2ccccc2)c(=O)oc2cc(OC3OC(C)(C)[C@H](C)[C@@H]4OC(=O)O[C@H]34)ccc12. The number of fused-ring (bicyclic) bond motifs is 2. The van der Waals surface area contributed by atoms with Crippen molar-refractivity contribution in [3.63, 3.8) is 0 Å². The first kappa shape index (κ1) is 20.6. The molecule has 0 amide bonds. The minimum atomic E-state index is -0.855. The van der Waals surface area contributed by atoms with E-state index in [1.165, 1.54) is 0 Å². The van der Waals surface area contributed by atoms with Crippen molar-refractivity contribution in [1.29, 1.82) is 0 Å². The second-order valence-corrected chi connectivity index (χ2v) is 8.82. The van der Waals surface area contributed by atoms with Crippen LogP contribution in [0.1, 0.15) is 26.3 Å². The van der Waals surface area contributed by atoms with Crippen molar-refractivity contribution in [2.45, 2.75) is 51.8 Å². The number of hydrogen-bond acceptors (Lipinski definition) is 7. The summed E-state index contributed by atoms with van der Waals surface area (Å²) in [5.74, 6) is 0.358. The second-order valence-electron chi connectivity index (χ2n) is 8.82. The number of aryl methyl sites for hydroxylation is 1. The number of rotatable bonds is 3. The molecular formula is C25H24O7. The number of ether oxygens (including phenoxy) is 4. The van der Waals surface area contributed by atoms with Gasteiger partial charge in [-0.15, -0.1) is 0 Å². The van der Waals surface area contributed by atoms with E-state index in [4.69, 9.17) is 23.4 Å². The lowest BCUT2D eigenvalue weighted by Gasteiger charge is -2.44. The average Bonchev–Trinajstić information content (AvgIpc) is 3.14. The third-order valence-corrected chi connectivity index (χ3v) is 6.52. The van der Waals surface area contributed by atoms with Gasteiger partial charge in [-0.25, -0.2) is 9.59 Å². The van der Waals surface area contributed by atoms with Gasteiger partial charge in [-0.3, -0.25) is 0 Å². The summed E-state index contributed by atoms with van der Waals surface area (Å²) in [5, 5.41) is 0.808. The van der Waals surface area contributed by atoms with Gasteiger partial charge in [0.15, 0.2) is 6.10 Å². The van der Waals surface area contributed by atoms with Gasteiger partial charge in [0, 0.05) is 17.4 Å². The highest BCUT2D eigenvalue weighted by Gasteiger charge is 2.56. The standard InChI is InChI=1S/C25H24O7/c1-13-17-11-10-16(12-18(17)29-22(26)19(13)15-8-6-5-7-9-15)28-23-21-20(30-24(27)31-21)14(2)25(3,4)32-23/h5-12,14,20-21,23H,1-4H3/t14-,20+,21+,23?/m1/s1. The fourth-order valence-corrected chi connectivity index (χ4v) is 4.42. The van der Waals surface area contributed by atoms with Crippen LogP contribution >= 0.6 is 0 Å². The number of carbonyl (C=O) groups excluding carboxylic acids is 1. The first-order valence-electron chi connectivity index (χ1n) is 10.6. The molecule has 3 aromatic rings. The summed E-state index contributed by atoms with van der Waals surface area (Å²) >= 11 is 0. The van der Waals surface area contributed by atoms with E-state index in [1.807, 2.05) is 64.1 Å². The normalized spacial score (nSPS) is 26.3. The first-order valence-corrected chi connectivity index (χ1v) is 10.6. The third kappa shape index (κ3) is 3.33. The Balaban J connectivity index is 1.49. The molecule has 0 saturated carbocycles. The molecule has 4 atom stereocenters. The largest absolute Gasteiger partial charge is 0.509 e. The van der Waals surface area contributed by atoms with Crippen LogP contribution in [0.2, 0.25) is 0 Å². The van der Waals surface area contributed by atoms with Crippen LogP contribution in [0.4, 0.5) is 4.79 Å². The molecular weight excluding hydrogens is 412 g/mol. The van der Waals surface area contributed by atoms with E-state index < -0.39 is 35.9 Å². The van der Waals surface area contributed by atoms with E-state index >= 15 is 0 Å². The molecule has 0 spiro atoms. The minimum absolute atomic E-state index is 0.0764. The fraction of sp³-hybridized carbons (Fsp3) is 0.360. The maximum atomic E-state index is 12.8. The van der Waals surface area contributed by atoms with E-state index in [0.29, 0.717) is 16.9 Å². The van der Waals surface area contributed by atoms with E-state index in [-0.39, 0.29) is 5.92 Å². The lowest BCUT2D eigenvalue weighted by atomic mass is 9.82. The quantitative estimate of drug-likeness (QED) is 0.430. The maximum Gasteiger partial charge on any atom is 0.509 e. The molecule has 2 aromatic carbocycles. The Labute approximate surface area is 184 Å². The van der Waals surface area contributed by atoms with Crippen molar-refractivity contribution in [2.24, 2.45) is 5.92 Å². The summed E-state index contributed by atoms with van der Waals surface area (Å²) in [7, 11) is 0. The monoisotopic (exact) mass is 436 g/mol. The van der Waals surface area contributed by atoms with Crippen molar-refractivity contribution >= 4 is 17.1 Å². The Morgan fingerprint density at radius 2 is 1.69 bits per heavy atom. The third-order valence-electron chi connectivity index (χ3n) is 6.52. The van der Waals surface area contributed by atoms with Crippen molar-refractivity contribution < 1.29 is 28.2 Å². The van der Waals surface area contributed by atoms with E-state index in [1.54, 1.807) is 12.1 Å². The van der Waals surface area contributed by atoms with Gasteiger partial charge in [0.2, 0.25) is 12.4 Å². The van der Waals surface area contributed by atoms with Crippen LogP contribution in [0.15, 0.2) is 57.7 Å². The molecule has 2 aliphatic heterocycles. The molecule has 2 aliphatic rings. The summed E-state index contributed by atoms with van der Waals surface area (Å²) < 4.78 is 28.5. The lowest BCUT2D eigenvalue weighted by Crippen LogP contribution is -2.58. The predicted molar refractivity (Wildman–Crippen MR) is 117 cm³/mol. The molecule has 0 radical (unpaired) electrons. The minimum Gasteiger partial charge on any atom is -0.461 e. The van der Waals surface area contributed by atoms with Crippen LogP contribution in [-0.4, -0.2) is 30.3 Å². The smallest absolute Gasteiger partial charge is 0.461 e. The topological polar surface area (TPSA) is 84.2 Å². The highest BCUT2D eigenvalue weighted by Crippen LogP contribution is 2.41. The molecule has 166 valence electrons. The zero-order chi connectivity index (χ0) is 22.6. The summed E-state index contributed by atoms with van der Waals surface area (Å²) in [4.78, 5) is 24.5. The van der Waals surface area contributed by atoms with Gasteiger partial charge in [0.25, 0.3) is 0 Å². The summed E-state index contributed by atoms with van der Waals surface area (Å²) in [6, 6.07) is 14.7. The molecule has 7 nitrogen and oxygen atoms in total. The van der Waals surface area contributed by atoms with Crippen molar-refractivity contribution in [3.05, 3.63) is 64.5 Å². The van der Waals surface area contributed by atoms with Gasteiger partial charge < -0.3 is 23.4 Å². The Hall–Kier alpha value is -3.32. The van der Waals surface area contributed by atoms with Crippen molar-refractivity contribution in [3.8, 4) is 16.9 Å². The number of hydrogen-bond donors (Lipinski definition) is 0. The molecule has 0 bridgehead atoms. The van der Waals surface area contributed by atoms with E-state index in [9.17, 15) is 9.59 Å². The zero-order valence-corrected chi connectivity index (χ0v) is 18.3. The highest BCUT2D eigenvalue weighted by atomic mass is 16.8. The average molecular weight is 436 g/mol. The summed E-state index contributed by atoms with van der Waals surface area (Å²) in [6.45, 7) is 7.69. The Morgan fingerprint density at radius 3 is 2.44 bits per heavy atom. The van der Waals surface area contributed by atoms with Crippen LogP contribution in [0.3, 0.4) is 0 Å². The molecule has 5 rings (SSSR count). The maximum absolute atomic E-state index is 12.8. The number of carbonyl (C=O) groups is 1. The van der Waals surface area contributed by atoms with E-state index in [2.05, 4.69) is 0 Å². The van der Waals surface area contributed by atoms with Gasteiger partial charge in [-0.2, -0.15) is 0 Å². The van der Waals surface area contributed by atoms with E-state index in [0.717, 1.165) is 16.5 Å². The van der Waals surface area contributed by atoms with Crippen molar-refractivity contribution in [1.82, 2.24) is 0 Å². The Morgan fingerprint density at radius 1 is 0.969 bits per heavy atom. The van der Waals surface area contributed by atoms with Gasteiger partial charge in [0.05, 0.1) is 11.2 Å². The van der Waals surface area contributed by atoms with Crippen LogP contribution in [-0.2, 0) is 14.2 Å². The summed E-state index contributed by atoms with van der Waals surface area (Å²) in [6.07, 6.45) is -2.73. The lowest BCUT2D eigenvalue weighted by molar-refractivity contribution is -0.260. The number of benzene rings is 2. The Kier molecular flexibility index (Phi) is 4.74. The molecule has 0 aliphatic carbocycles. The zero-order valence-electron chi connectivity index (χ0n) is 18.3. The fourth-order valence-electron chi connectivity index (χ4n) is 4.42. The van der Waals surface area contributed by atoms with Crippen LogP contribution in [0, 0.1) is 12.8 Å². The first-order chi connectivity index (χ1) is 15.2. The van der Waals surface area contributed by atoms with Gasteiger partial charge in [0.1, 0.15) is 11.3 Å². The van der Waals surface area contributed by atoms with Crippen LogP contribution in [0.5, 0.6) is 5.75 Å². The molecule has 1 unspecified atom stereocenters. The molecule has 7 heteroatoms. The molecule has 2 saturated heterocycles. The highest BCUT2D eigenvalue weighted by molar-refractivity contribution is 5.87. The van der Waals surface area contributed by atoms with Gasteiger partial charge >= 0.3 is 11.8 Å². The van der Waals surface area contributed by atoms with Crippen molar-refractivity contribution in [2.75, 3.05) is 0 Å². The molecule has 3 heterocycles. The van der Waals surface area contributed by atoms with Gasteiger partial charge in [-0.1, -0.05) is 37.3 Å². The predicted octanol–water partition coefficient (Wildman–Crippen LogP) is 4.82. The summed E-state index contributed by atoms with van der Waals surface area (Å²) in [5.41, 5.74) is 1.57. The molecule has 1 aromatic heterocycles. The second kappa shape index (κ2) is 7.38. The van der Waals surface area contributed by atoms with Crippen LogP contribution in [0.25, 0.3) is 22.1 Å². The Bertz CT molecular complexity index is 1240. The van der Waals surface area contributed by atoms with Gasteiger partial charge in [-0.05, 0) is 44.0 Å². The van der Waals surface area contributed by atoms with Crippen LogP contribution < -0.4 is 10.4 Å². The molecule has 0 N–H and O–H groups in total. The molecule has 2 fully saturated rings.